The van der Waals surface area contributed by atoms with Crippen molar-refractivity contribution in [2.45, 2.75) is 0 Å². The number of aromatic nitrogens is 1. The van der Waals surface area contributed by atoms with E-state index < -0.39 is 5.97 Å². The van der Waals surface area contributed by atoms with Gasteiger partial charge in [0, 0.05) is 17.1 Å². The molecule has 2 rings (SSSR count). The highest BCUT2D eigenvalue weighted by Crippen LogP contribution is 2.11. The summed E-state index contributed by atoms with van der Waals surface area (Å²) in [4.78, 5) is 14.5. The molecule has 1 aromatic carbocycles. The molecule has 0 aliphatic rings. The molecule has 4 N–H and O–H groups in total. The second kappa shape index (κ2) is 3.85. The Balaban J connectivity index is 0.000000980. The molecule has 0 unspecified atom stereocenters. The third kappa shape index (κ3) is 1.70. The summed E-state index contributed by atoms with van der Waals surface area (Å²) in [5.74, 6) is -1.20. The van der Waals surface area contributed by atoms with Crippen LogP contribution >= 0.6 is 0 Å². The van der Waals surface area contributed by atoms with Gasteiger partial charge in [-0.1, -0.05) is 18.2 Å². The van der Waals surface area contributed by atoms with Crippen molar-refractivity contribution < 1.29 is 9.90 Å². The minimum absolute atomic E-state index is 0. The van der Waals surface area contributed by atoms with Crippen molar-refractivity contribution in [2.24, 2.45) is 0 Å². The van der Waals surface area contributed by atoms with E-state index in [2.05, 4.69) is 4.98 Å². The Morgan fingerprint density at radius 1 is 1.29 bits per heavy atom. The largest absolute Gasteiger partial charge is 0.545 e. The molecule has 0 fully saturated rings. The molecule has 0 saturated heterocycles. The number of carboxylic acids is 1. The van der Waals surface area contributed by atoms with E-state index in [1.165, 1.54) is 6.20 Å². The summed E-state index contributed by atoms with van der Waals surface area (Å²) in [5, 5.41) is 11.3. The van der Waals surface area contributed by atoms with E-state index in [4.69, 9.17) is 0 Å². The van der Waals surface area contributed by atoms with Gasteiger partial charge in [-0.2, -0.15) is 0 Å². The molecular formula is C10H10N2O2. The lowest BCUT2D eigenvalue weighted by molar-refractivity contribution is -0.255. The number of para-hydroxylation sites is 1. The number of carbonyl (C=O) groups is 1. The van der Waals surface area contributed by atoms with Crippen LogP contribution in [0.1, 0.15) is 10.4 Å². The van der Waals surface area contributed by atoms with Gasteiger partial charge >= 0.3 is 0 Å². The van der Waals surface area contributed by atoms with Gasteiger partial charge in [0.1, 0.15) is 0 Å². The van der Waals surface area contributed by atoms with E-state index in [9.17, 15) is 9.90 Å². The molecule has 0 bridgehead atoms. The number of quaternary nitrogens is 1. The molecule has 0 amide bonds. The monoisotopic (exact) mass is 190 g/mol. The molecule has 4 nitrogen and oxygen atoms in total. The Labute approximate surface area is 80.8 Å². The Morgan fingerprint density at radius 2 is 2.00 bits per heavy atom. The molecular weight excluding hydrogens is 180 g/mol. The number of benzene rings is 1. The second-order valence-electron chi connectivity index (χ2n) is 2.70. The van der Waals surface area contributed by atoms with Gasteiger partial charge in [-0.05, 0) is 12.1 Å². The summed E-state index contributed by atoms with van der Waals surface area (Å²) in [6.45, 7) is 0. The van der Waals surface area contributed by atoms with Crippen LogP contribution in [-0.4, -0.2) is 11.0 Å². The fraction of sp³-hybridized carbons (Fsp3) is 0. The van der Waals surface area contributed by atoms with Gasteiger partial charge in [-0.15, -0.1) is 0 Å². The zero-order valence-corrected chi connectivity index (χ0v) is 7.73. The third-order valence-corrected chi connectivity index (χ3v) is 1.83. The first kappa shape index (κ1) is 10.1. The summed E-state index contributed by atoms with van der Waals surface area (Å²) >= 11 is 0. The number of carboxylic acid groups (broad SMARTS) is 1. The van der Waals surface area contributed by atoms with Crippen LogP contribution in [-0.2, 0) is 0 Å². The lowest BCUT2D eigenvalue weighted by Gasteiger charge is -2.02. The van der Waals surface area contributed by atoms with E-state index in [-0.39, 0.29) is 11.7 Å². The predicted octanol–water partition coefficient (Wildman–Crippen LogP) is 0.974. The van der Waals surface area contributed by atoms with Gasteiger partial charge in [0.25, 0.3) is 0 Å². The second-order valence-corrected chi connectivity index (χ2v) is 2.70. The Hall–Kier alpha value is -1.94. The molecule has 4 heteroatoms. The number of fused-ring (bicyclic) bond motifs is 1. The molecule has 0 aliphatic carbocycles. The van der Waals surface area contributed by atoms with Gasteiger partial charge in [-0.25, -0.2) is 0 Å². The maximum atomic E-state index is 10.5. The van der Waals surface area contributed by atoms with Crippen molar-refractivity contribution in [3.63, 3.8) is 0 Å². The van der Waals surface area contributed by atoms with Crippen LogP contribution in [0.2, 0.25) is 0 Å². The average Bonchev–Trinajstić information content (AvgIpc) is 2.17. The highest BCUT2D eigenvalue weighted by atomic mass is 16.4. The van der Waals surface area contributed by atoms with Crippen LogP contribution < -0.4 is 11.3 Å². The first-order valence-electron chi connectivity index (χ1n) is 3.83. The fourth-order valence-electron chi connectivity index (χ4n) is 1.18. The summed E-state index contributed by atoms with van der Waals surface area (Å²) in [6.07, 6.45) is 1.30. The van der Waals surface area contributed by atoms with Crippen LogP contribution in [0, 0.1) is 0 Å². The van der Waals surface area contributed by atoms with Crippen molar-refractivity contribution in [3.8, 4) is 0 Å². The Bertz CT molecular complexity index is 468. The van der Waals surface area contributed by atoms with Gasteiger partial charge in [0.05, 0.1) is 11.5 Å². The Kier molecular flexibility index (Phi) is 2.79. The minimum atomic E-state index is -1.20. The molecule has 0 aliphatic heterocycles. The van der Waals surface area contributed by atoms with Crippen LogP contribution in [0.3, 0.4) is 0 Å². The maximum absolute atomic E-state index is 10.5. The zero-order valence-electron chi connectivity index (χ0n) is 7.73. The first-order chi connectivity index (χ1) is 6.27. The van der Waals surface area contributed by atoms with Gasteiger partial charge in [-0.3, -0.25) is 4.98 Å². The van der Waals surface area contributed by atoms with E-state index in [0.29, 0.717) is 0 Å². The molecule has 2 aromatic rings. The zero-order chi connectivity index (χ0) is 9.26. The van der Waals surface area contributed by atoms with E-state index in [1.54, 1.807) is 6.07 Å². The quantitative estimate of drug-likeness (QED) is 0.726. The lowest BCUT2D eigenvalue weighted by atomic mass is 10.2. The van der Waals surface area contributed by atoms with Crippen LogP contribution in [0.25, 0.3) is 10.9 Å². The molecule has 0 saturated carbocycles. The number of nitrogens with zero attached hydrogens (tertiary/aromatic N) is 1. The van der Waals surface area contributed by atoms with Gasteiger partial charge in [0.15, 0.2) is 0 Å². The smallest absolute Gasteiger partial charge is 0.0731 e. The molecule has 72 valence electrons. The number of rotatable bonds is 1. The van der Waals surface area contributed by atoms with Crippen molar-refractivity contribution in [1.82, 2.24) is 11.1 Å². The van der Waals surface area contributed by atoms with Crippen molar-refractivity contribution in [2.75, 3.05) is 0 Å². The molecule has 0 atom stereocenters. The van der Waals surface area contributed by atoms with Crippen molar-refractivity contribution >= 4 is 16.9 Å². The molecule has 14 heavy (non-hydrogen) atoms. The van der Waals surface area contributed by atoms with Crippen molar-refractivity contribution in [3.05, 3.63) is 42.1 Å². The van der Waals surface area contributed by atoms with Crippen LogP contribution in [0.4, 0.5) is 0 Å². The number of aromatic carboxylic acids is 1. The number of hydrogen-bond acceptors (Lipinski definition) is 3. The summed E-state index contributed by atoms with van der Waals surface area (Å²) in [7, 11) is 0. The normalized spacial score (nSPS) is 9.43. The van der Waals surface area contributed by atoms with Gasteiger partial charge in [0.2, 0.25) is 0 Å². The minimum Gasteiger partial charge on any atom is -0.545 e. The SMILES string of the molecule is O=C([O-])c1cnc2ccccc2c1.[NH4+]. The van der Waals surface area contributed by atoms with E-state index in [1.807, 2.05) is 24.3 Å². The van der Waals surface area contributed by atoms with Crippen molar-refractivity contribution in [1.29, 1.82) is 0 Å². The predicted molar refractivity (Wildman–Crippen MR) is 52.1 cm³/mol. The maximum Gasteiger partial charge on any atom is 0.0731 e. The number of pyridine rings is 1. The van der Waals surface area contributed by atoms with Crippen LogP contribution in [0.5, 0.6) is 0 Å². The fourth-order valence-corrected chi connectivity index (χ4v) is 1.18. The number of hydrogen-bond donors (Lipinski definition) is 1. The van der Waals surface area contributed by atoms with E-state index in [0.717, 1.165) is 10.9 Å². The molecule has 1 aromatic heterocycles. The molecule has 0 radical (unpaired) electrons. The van der Waals surface area contributed by atoms with E-state index >= 15 is 0 Å². The summed E-state index contributed by atoms with van der Waals surface area (Å²) < 4.78 is 0. The first-order valence-corrected chi connectivity index (χ1v) is 3.83. The van der Waals surface area contributed by atoms with Gasteiger partial charge < -0.3 is 16.1 Å². The highest BCUT2D eigenvalue weighted by molar-refractivity contribution is 5.91. The molecule has 0 spiro atoms. The topological polar surface area (TPSA) is 89.5 Å². The summed E-state index contributed by atoms with van der Waals surface area (Å²) in [6, 6.07) is 8.89. The highest BCUT2D eigenvalue weighted by Gasteiger charge is 1.96. The average molecular weight is 190 g/mol. The Morgan fingerprint density at radius 3 is 2.71 bits per heavy atom. The molecule has 1 heterocycles. The number of carbonyl (C=O) groups excluding carboxylic acids is 1. The summed E-state index contributed by atoms with van der Waals surface area (Å²) in [5.41, 5.74) is 0.895. The lowest BCUT2D eigenvalue weighted by Crippen LogP contribution is -2.22. The standard InChI is InChI=1S/C10H7NO2.H3N/c12-10(13)8-5-7-3-1-2-4-9(7)11-6-8;/h1-6H,(H,12,13);1H3. The van der Waals surface area contributed by atoms with Crippen LogP contribution in [0.15, 0.2) is 36.5 Å². The third-order valence-electron chi connectivity index (χ3n) is 1.83.